The lowest BCUT2D eigenvalue weighted by atomic mass is 10.0. The van der Waals surface area contributed by atoms with Gasteiger partial charge in [-0.15, -0.1) is 0 Å². The van der Waals surface area contributed by atoms with Crippen LogP contribution in [0.2, 0.25) is 0 Å². The fourth-order valence-electron chi connectivity index (χ4n) is 3.41. The van der Waals surface area contributed by atoms with Crippen LogP contribution in [0.15, 0.2) is 42.7 Å². The maximum atomic E-state index is 5.36. The van der Waals surface area contributed by atoms with Crippen LogP contribution in [0.5, 0.6) is 11.5 Å². The lowest BCUT2D eigenvalue weighted by molar-refractivity contribution is 0.355. The third kappa shape index (κ3) is 3.55. The number of anilines is 4. The zero-order valence-corrected chi connectivity index (χ0v) is 16.3. The van der Waals surface area contributed by atoms with Crippen molar-refractivity contribution in [1.82, 2.24) is 15.0 Å². The summed E-state index contributed by atoms with van der Waals surface area (Å²) in [5, 5.41) is 3.22. The van der Waals surface area contributed by atoms with Crippen molar-refractivity contribution in [1.29, 1.82) is 0 Å². The summed E-state index contributed by atoms with van der Waals surface area (Å²) in [5.41, 5.74) is 4.54. The number of benzene rings is 2. The van der Waals surface area contributed by atoms with Crippen LogP contribution in [-0.2, 0) is 6.42 Å². The van der Waals surface area contributed by atoms with Crippen molar-refractivity contribution < 1.29 is 9.47 Å². The fourth-order valence-corrected chi connectivity index (χ4v) is 3.41. The predicted octanol–water partition coefficient (Wildman–Crippen LogP) is 4.03. The summed E-state index contributed by atoms with van der Waals surface area (Å²) in [6, 6.07) is 12.1. The number of methoxy groups -OCH3 is 2. The number of rotatable bonds is 5. The molecule has 0 atom stereocenters. The highest BCUT2D eigenvalue weighted by Gasteiger charge is 2.21. The summed E-state index contributed by atoms with van der Waals surface area (Å²) >= 11 is 0. The summed E-state index contributed by atoms with van der Waals surface area (Å²) in [6.07, 6.45) is 3.68. The van der Waals surface area contributed by atoms with Crippen molar-refractivity contribution in [3.05, 3.63) is 53.9 Å². The molecule has 1 aromatic heterocycles. The zero-order valence-electron chi connectivity index (χ0n) is 16.3. The van der Waals surface area contributed by atoms with Crippen molar-refractivity contribution in [2.45, 2.75) is 19.8 Å². The van der Waals surface area contributed by atoms with Gasteiger partial charge in [0.25, 0.3) is 0 Å². The first kappa shape index (κ1) is 18.0. The van der Waals surface area contributed by atoms with E-state index in [0.29, 0.717) is 23.4 Å². The van der Waals surface area contributed by atoms with Gasteiger partial charge in [0.2, 0.25) is 11.9 Å². The van der Waals surface area contributed by atoms with Gasteiger partial charge in [-0.3, -0.25) is 0 Å². The molecule has 0 fully saturated rings. The molecule has 1 aliphatic rings. The van der Waals surface area contributed by atoms with Crippen LogP contribution in [0.1, 0.15) is 17.5 Å². The Bertz CT molecular complexity index is 992. The van der Waals surface area contributed by atoms with Gasteiger partial charge in [0.15, 0.2) is 11.5 Å². The number of hydrogen-bond donors (Lipinski definition) is 1. The van der Waals surface area contributed by atoms with Crippen molar-refractivity contribution in [2.24, 2.45) is 0 Å². The first-order valence-electron chi connectivity index (χ1n) is 9.23. The lowest BCUT2D eigenvalue weighted by Crippen LogP contribution is -2.26. The molecule has 0 unspecified atom stereocenters. The number of fused-ring (bicyclic) bond motifs is 1. The highest BCUT2D eigenvalue weighted by atomic mass is 16.5. The van der Waals surface area contributed by atoms with Crippen molar-refractivity contribution in [3.63, 3.8) is 0 Å². The number of hydrogen-bond acceptors (Lipinski definition) is 7. The molecule has 0 radical (unpaired) electrons. The SMILES string of the molecule is COc1ccc(Nc2ncnc(N3CCCc4ccc(C)cc43)n2)cc1OC. The highest BCUT2D eigenvalue weighted by molar-refractivity contribution is 5.66. The van der Waals surface area contributed by atoms with Crippen LogP contribution in [-0.4, -0.2) is 35.7 Å². The number of nitrogens with zero attached hydrogens (tertiary/aromatic N) is 4. The van der Waals surface area contributed by atoms with Crippen LogP contribution >= 0.6 is 0 Å². The Kier molecular flexibility index (Phi) is 4.97. The Morgan fingerprint density at radius 3 is 2.68 bits per heavy atom. The van der Waals surface area contributed by atoms with Crippen LogP contribution < -0.4 is 19.7 Å². The molecule has 0 saturated carbocycles. The van der Waals surface area contributed by atoms with Gasteiger partial charge >= 0.3 is 0 Å². The molecule has 7 heteroatoms. The van der Waals surface area contributed by atoms with Gasteiger partial charge in [0, 0.05) is 24.0 Å². The zero-order chi connectivity index (χ0) is 19.5. The minimum Gasteiger partial charge on any atom is -0.493 e. The first-order chi connectivity index (χ1) is 13.7. The van der Waals surface area contributed by atoms with Crippen LogP contribution in [0.4, 0.5) is 23.3 Å². The third-order valence-corrected chi connectivity index (χ3v) is 4.80. The van der Waals surface area contributed by atoms with E-state index in [1.165, 1.54) is 23.1 Å². The minimum atomic E-state index is 0.483. The van der Waals surface area contributed by atoms with E-state index in [4.69, 9.17) is 9.47 Å². The van der Waals surface area contributed by atoms with E-state index in [1.54, 1.807) is 14.2 Å². The third-order valence-electron chi connectivity index (χ3n) is 4.80. The molecule has 3 aromatic rings. The standard InChI is InChI=1S/C21H23N5O2/c1-14-6-7-15-5-4-10-26(17(15)11-14)21-23-13-22-20(25-21)24-16-8-9-18(27-2)19(12-16)28-3/h6-9,11-13H,4-5,10H2,1-3H3,(H,22,23,24,25). The molecule has 0 amide bonds. The van der Waals surface area contributed by atoms with Gasteiger partial charge < -0.3 is 19.7 Å². The van der Waals surface area contributed by atoms with Crippen molar-refractivity contribution >= 4 is 23.3 Å². The molecule has 1 N–H and O–H groups in total. The summed E-state index contributed by atoms with van der Waals surface area (Å²) in [5.74, 6) is 2.44. The maximum Gasteiger partial charge on any atom is 0.234 e. The minimum absolute atomic E-state index is 0.483. The van der Waals surface area contributed by atoms with Gasteiger partial charge in [-0.25, -0.2) is 9.97 Å². The molecule has 1 aliphatic heterocycles. The maximum absolute atomic E-state index is 5.36. The quantitative estimate of drug-likeness (QED) is 0.720. The summed E-state index contributed by atoms with van der Waals surface area (Å²) < 4.78 is 10.6. The molecule has 144 valence electrons. The fraction of sp³-hybridized carbons (Fsp3) is 0.286. The molecule has 4 rings (SSSR count). The van der Waals surface area contributed by atoms with Crippen LogP contribution in [0.25, 0.3) is 0 Å². The van der Waals surface area contributed by atoms with Gasteiger partial charge in [0.05, 0.1) is 14.2 Å². The van der Waals surface area contributed by atoms with E-state index >= 15 is 0 Å². The largest absolute Gasteiger partial charge is 0.493 e. The van der Waals surface area contributed by atoms with Crippen molar-refractivity contribution in [3.8, 4) is 11.5 Å². The van der Waals surface area contributed by atoms with E-state index in [9.17, 15) is 0 Å². The molecule has 0 bridgehead atoms. The number of aryl methyl sites for hydroxylation is 2. The second-order valence-electron chi connectivity index (χ2n) is 6.69. The van der Waals surface area contributed by atoms with Crippen LogP contribution in [0.3, 0.4) is 0 Å². The van der Waals surface area contributed by atoms with Crippen LogP contribution in [0, 0.1) is 6.92 Å². The Labute approximate surface area is 164 Å². The predicted molar refractivity (Wildman–Crippen MR) is 109 cm³/mol. The second kappa shape index (κ2) is 7.72. The smallest absolute Gasteiger partial charge is 0.234 e. The Hall–Kier alpha value is -3.35. The topological polar surface area (TPSA) is 72.4 Å². The molecule has 2 heterocycles. The highest BCUT2D eigenvalue weighted by Crippen LogP contribution is 2.33. The van der Waals surface area contributed by atoms with Gasteiger partial charge in [-0.2, -0.15) is 4.98 Å². The number of aromatic nitrogens is 3. The first-order valence-corrected chi connectivity index (χ1v) is 9.23. The molecular weight excluding hydrogens is 354 g/mol. The molecule has 7 nitrogen and oxygen atoms in total. The average molecular weight is 377 g/mol. The Morgan fingerprint density at radius 2 is 1.86 bits per heavy atom. The number of nitrogens with one attached hydrogen (secondary N) is 1. The normalized spacial score (nSPS) is 13.0. The summed E-state index contributed by atoms with van der Waals surface area (Å²) in [6.45, 7) is 2.99. The molecule has 28 heavy (non-hydrogen) atoms. The van der Waals surface area contributed by atoms with E-state index in [-0.39, 0.29) is 0 Å². The molecule has 0 spiro atoms. The van der Waals surface area contributed by atoms with E-state index in [0.717, 1.165) is 25.1 Å². The lowest BCUT2D eigenvalue weighted by Gasteiger charge is -2.29. The van der Waals surface area contributed by atoms with Gasteiger partial charge in [-0.1, -0.05) is 12.1 Å². The molecule has 2 aromatic carbocycles. The number of ether oxygens (including phenoxy) is 2. The molecule has 0 aliphatic carbocycles. The Balaban J connectivity index is 1.62. The molecule has 0 saturated heterocycles. The van der Waals surface area contributed by atoms with Gasteiger partial charge in [0.1, 0.15) is 6.33 Å². The molecular formula is C21H23N5O2. The van der Waals surface area contributed by atoms with E-state index < -0.39 is 0 Å². The van der Waals surface area contributed by atoms with E-state index in [1.807, 2.05) is 18.2 Å². The summed E-state index contributed by atoms with van der Waals surface area (Å²) in [4.78, 5) is 15.5. The Morgan fingerprint density at radius 1 is 1.00 bits per heavy atom. The second-order valence-corrected chi connectivity index (χ2v) is 6.69. The average Bonchev–Trinajstić information content (AvgIpc) is 2.73. The van der Waals surface area contributed by atoms with E-state index in [2.05, 4.69) is 50.3 Å². The van der Waals surface area contributed by atoms with Crippen molar-refractivity contribution in [2.75, 3.05) is 31.0 Å². The monoisotopic (exact) mass is 377 g/mol. The van der Waals surface area contributed by atoms with Gasteiger partial charge in [-0.05, 0) is 49.1 Å². The summed E-state index contributed by atoms with van der Waals surface area (Å²) in [7, 11) is 3.22.